The van der Waals surface area contributed by atoms with E-state index in [1.165, 1.54) is 11.1 Å². The lowest BCUT2D eigenvalue weighted by molar-refractivity contribution is -0.141. The fourth-order valence-corrected chi connectivity index (χ4v) is 2.94. The van der Waals surface area contributed by atoms with Crippen molar-refractivity contribution in [3.05, 3.63) is 35.4 Å². The number of carboxylic acids is 1. The van der Waals surface area contributed by atoms with Crippen LogP contribution < -0.4 is 16.4 Å². The van der Waals surface area contributed by atoms with Gasteiger partial charge in [-0.1, -0.05) is 24.3 Å². The zero-order valence-corrected chi connectivity index (χ0v) is 13.3. The standard InChI is InChI=1S/C17H25N3O3/c18-8-4-3-7-15(17(22)23)20-16(21)11-19-14-9-12-5-1-2-6-13(12)10-14/h1-2,5-6,14-15,19H,3-4,7-11,18H2,(H,20,21)(H,22,23)/t15-/m0/s1. The van der Waals surface area contributed by atoms with Gasteiger partial charge in [0.1, 0.15) is 6.04 Å². The summed E-state index contributed by atoms with van der Waals surface area (Å²) < 4.78 is 0. The summed E-state index contributed by atoms with van der Waals surface area (Å²) >= 11 is 0. The van der Waals surface area contributed by atoms with E-state index in [0.29, 0.717) is 19.4 Å². The van der Waals surface area contributed by atoms with Crippen molar-refractivity contribution in [2.24, 2.45) is 5.73 Å². The van der Waals surface area contributed by atoms with Crippen LogP contribution in [0.1, 0.15) is 30.4 Å². The molecule has 0 spiro atoms. The molecule has 23 heavy (non-hydrogen) atoms. The van der Waals surface area contributed by atoms with E-state index < -0.39 is 12.0 Å². The predicted molar refractivity (Wildman–Crippen MR) is 88.1 cm³/mol. The Hall–Kier alpha value is -1.92. The number of fused-ring (bicyclic) bond motifs is 1. The summed E-state index contributed by atoms with van der Waals surface area (Å²) in [4.78, 5) is 23.1. The van der Waals surface area contributed by atoms with E-state index in [2.05, 4.69) is 22.8 Å². The molecule has 1 aromatic carbocycles. The Kier molecular flexibility index (Phi) is 6.55. The summed E-state index contributed by atoms with van der Waals surface area (Å²) in [7, 11) is 0. The largest absolute Gasteiger partial charge is 0.480 e. The molecule has 1 amide bonds. The van der Waals surface area contributed by atoms with Crippen LogP contribution in [0.25, 0.3) is 0 Å². The molecule has 1 aliphatic carbocycles. The molecule has 2 rings (SSSR count). The molecule has 0 unspecified atom stereocenters. The molecule has 6 nitrogen and oxygen atoms in total. The number of nitrogens with two attached hydrogens (primary N) is 1. The zero-order valence-electron chi connectivity index (χ0n) is 13.3. The number of carboxylic acid groups (broad SMARTS) is 1. The second-order valence-corrected chi connectivity index (χ2v) is 6.00. The minimum Gasteiger partial charge on any atom is -0.480 e. The molecular weight excluding hydrogens is 294 g/mol. The third kappa shape index (κ3) is 5.33. The minimum atomic E-state index is -0.997. The van der Waals surface area contributed by atoms with Gasteiger partial charge in [0.25, 0.3) is 0 Å². The van der Waals surface area contributed by atoms with Gasteiger partial charge in [0, 0.05) is 6.04 Å². The minimum absolute atomic E-state index is 0.138. The maximum Gasteiger partial charge on any atom is 0.326 e. The van der Waals surface area contributed by atoms with Gasteiger partial charge < -0.3 is 21.5 Å². The molecule has 6 heteroatoms. The second-order valence-electron chi connectivity index (χ2n) is 6.00. The van der Waals surface area contributed by atoms with Crippen LogP contribution >= 0.6 is 0 Å². The smallest absolute Gasteiger partial charge is 0.326 e. The van der Waals surface area contributed by atoms with Crippen molar-refractivity contribution >= 4 is 11.9 Å². The zero-order chi connectivity index (χ0) is 16.7. The topological polar surface area (TPSA) is 104 Å². The van der Waals surface area contributed by atoms with Crippen LogP contribution in [-0.4, -0.2) is 42.2 Å². The van der Waals surface area contributed by atoms with E-state index in [4.69, 9.17) is 10.8 Å². The molecule has 0 aliphatic heterocycles. The molecular formula is C17H25N3O3. The maximum absolute atomic E-state index is 12.0. The van der Waals surface area contributed by atoms with Crippen LogP contribution in [0.5, 0.6) is 0 Å². The molecule has 0 saturated carbocycles. The van der Waals surface area contributed by atoms with Crippen molar-refractivity contribution in [1.29, 1.82) is 0 Å². The number of nitrogens with one attached hydrogen (secondary N) is 2. The normalized spacial score (nSPS) is 15.2. The third-order valence-electron chi connectivity index (χ3n) is 4.18. The van der Waals surface area contributed by atoms with E-state index in [-0.39, 0.29) is 18.5 Å². The first-order valence-electron chi connectivity index (χ1n) is 8.12. The SMILES string of the molecule is NCCCC[C@H](NC(=O)CNC1Cc2ccccc2C1)C(=O)O. The van der Waals surface area contributed by atoms with Crippen molar-refractivity contribution in [2.45, 2.75) is 44.2 Å². The summed E-state index contributed by atoms with van der Waals surface area (Å²) in [5.41, 5.74) is 8.03. The number of carbonyl (C=O) groups excluding carboxylic acids is 1. The number of hydrogen-bond donors (Lipinski definition) is 4. The first-order valence-corrected chi connectivity index (χ1v) is 8.12. The molecule has 0 heterocycles. The number of aliphatic carboxylic acids is 1. The van der Waals surface area contributed by atoms with Crippen molar-refractivity contribution in [1.82, 2.24) is 10.6 Å². The lowest BCUT2D eigenvalue weighted by atomic mass is 10.1. The molecule has 0 bridgehead atoms. The van der Waals surface area contributed by atoms with Gasteiger partial charge in [-0.25, -0.2) is 4.79 Å². The molecule has 0 aromatic heterocycles. The highest BCUT2D eigenvalue weighted by molar-refractivity contribution is 5.84. The number of amides is 1. The van der Waals surface area contributed by atoms with E-state index >= 15 is 0 Å². The van der Waals surface area contributed by atoms with Gasteiger partial charge in [-0.3, -0.25) is 4.79 Å². The molecule has 126 valence electrons. The van der Waals surface area contributed by atoms with E-state index in [0.717, 1.165) is 19.3 Å². The fraction of sp³-hybridized carbons (Fsp3) is 0.529. The van der Waals surface area contributed by atoms with Crippen LogP contribution in [-0.2, 0) is 22.4 Å². The fourth-order valence-electron chi connectivity index (χ4n) is 2.94. The van der Waals surface area contributed by atoms with Gasteiger partial charge in [0.15, 0.2) is 0 Å². The van der Waals surface area contributed by atoms with Crippen molar-refractivity contribution in [3.63, 3.8) is 0 Å². The lowest BCUT2D eigenvalue weighted by Crippen LogP contribution is -2.46. The third-order valence-corrected chi connectivity index (χ3v) is 4.18. The van der Waals surface area contributed by atoms with Crippen LogP contribution in [0.3, 0.4) is 0 Å². The Morgan fingerprint density at radius 2 is 1.87 bits per heavy atom. The highest BCUT2D eigenvalue weighted by atomic mass is 16.4. The number of benzene rings is 1. The van der Waals surface area contributed by atoms with Crippen molar-refractivity contribution in [2.75, 3.05) is 13.1 Å². The van der Waals surface area contributed by atoms with Gasteiger partial charge in [0.05, 0.1) is 6.54 Å². The van der Waals surface area contributed by atoms with Crippen molar-refractivity contribution in [3.8, 4) is 0 Å². The van der Waals surface area contributed by atoms with Gasteiger partial charge in [-0.05, 0) is 49.8 Å². The average Bonchev–Trinajstić information content (AvgIpc) is 2.95. The molecule has 5 N–H and O–H groups in total. The summed E-state index contributed by atoms with van der Waals surface area (Å²) in [6.45, 7) is 0.670. The summed E-state index contributed by atoms with van der Waals surface area (Å²) in [5, 5.41) is 14.9. The van der Waals surface area contributed by atoms with Gasteiger partial charge in [0.2, 0.25) is 5.91 Å². The summed E-state index contributed by atoms with van der Waals surface area (Å²) in [5.74, 6) is -1.27. The summed E-state index contributed by atoms with van der Waals surface area (Å²) in [6, 6.07) is 7.65. The Morgan fingerprint density at radius 3 is 2.43 bits per heavy atom. The first-order chi connectivity index (χ1) is 11.1. The maximum atomic E-state index is 12.0. The average molecular weight is 319 g/mol. The molecule has 1 aliphatic rings. The molecule has 0 radical (unpaired) electrons. The van der Waals surface area contributed by atoms with Crippen LogP contribution in [0.4, 0.5) is 0 Å². The van der Waals surface area contributed by atoms with Gasteiger partial charge >= 0.3 is 5.97 Å². The number of hydrogen-bond acceptors (Lipinski definition) is 4. The molecule has 1 aromatic rings. The highest BCUT2D eigenvalue weighted by Gasteiger charge is 2.23. The second kappa shape index (κ2) is 8.64. The quantitative estimate of drug-likeness (QED) is 0.495. The number of unbranched alkanes of at least 4 members (excludes halogenated alkanes) is 1. The van der Waals surface area contributed by atoms with E-state index in [9.17, 15) is 9.59 Å². The van der Waals surface area contributed by atoms with E-state index in [1.54, 1.807) is 0 Å². The monoisotopic (exact) mass is 319 g/mol. The Balaban J connectivity index is 1.73. The van der Waals surface area contributed by atoms with Crippen LogP contribution in [0.15, 0.2) is 24.3 Å². The molecule has 1 atom stereocenters. The Morgan fingerprint density at radius 1 is 1.22 bits per heavy atom. The Labute approximate surface area is 136 Å². The predicted octanol–water partition coefficient (Wildman–Crippen LogP) is 0.442. The van der Waals surface area contributed by atoms with Gasteiger partial charge in [-0.15, -0.1) is 0 Å². The van der Waals surface area contributed by atoms with Crippen LogP contribution in [0, 0.1) is 0 Å². The number of carbonyl (C=O) groups is 2. The Bertz CT molecular complexity index is 523. The van der Waals surface area contributed by atoms with Crippen molar-refractivity contribution < 1.29 is 14.7 Å². The highest BCUT2D eigenvalue weighted by Crippen LogP contribution is 2.21. The van der Waals surface area contributed by atoms with E-state index in [1.807, 2.05) is 12.1 Å². The number of rotatable bonds is 9. The molecule has 0 fully saturated rings. The molecule has 0 saturated heterocycles. The first kappa shape index (κ1) is 17.4. The van der Waals surface area contributed by atoms with Gasteiger partial charge in [-0.2, -0.15) is 0 Å². The summed E-state index contributed by atoms with van der Waals surface area (Å²) in [6.07, 6.45) is 3.68. The van der Waals surface area contributed by atoms with Crippen LogP contribution in [0.2, 0.25) is 0 Å². The lowest BCUT2D eigenvalue weighted by Gasteiger charge is -2.16.